The number of hydrogen-bond donors (Lipinski definition) is 1. The predicted molar refractivity (Wildman–Crippen MR) is 74.5 cm³/mol. The first kappa shape index (κ1) is 13.4. The van der Waals surface area contributed by atoms with Crippen molar-refractivity contribution in [2.45, 2.75) is 42.6 Å². The van der Waals surface area contributed by atoms with Gasteiger partial charge in [-0.2, -0.15) is 0 Å². The standard InChI is InChI=1S/C13H17BrO2S/c1-8(15)11-4-3-10(7-12(11)14)17-13-5-6-16-9(13)2/h3-4,7-9,13,15H,5-6H2,1-2H3/t8-,9?,13?/m1/s1. The van der Waals surface area contributed by atoms with Crippen molar-refractivity contribution in [2.24, 2.45) is 0 Å². The maximum atomic E-state index is 9.56. The summed E-state index contributed by atoms with van der Waals surface area (Å²) in [4.78, 5) is 1.23. The fourth-order valence-corrected chi connectivity index (χ4v) is 3.99. The van der Waals surface area contributed by atoms with E-state index in [0.29, 0.717) is 11.4 Å². The topological polar surface area (TPSA) is 29.5 Å². The molecule has 1 aliphatic heterocycles. The lowest BCUT2D eigenvalue weighted by Gasteiger charge is -2.15. The molecule has 1 aliphatic rings. The summed E-state index contributed by atoms with van der Waals surface area (Å²) in [5, 5.41) is 10.1. The fourth-order valence-electron chi connectivity index (χ4n) is 1.96. The number of thioether (sulfide) groups is 1. The molecule has 1 saturated heterocycles. The van der Waals surface area contributed by atoms with Crippen LogP contribution >= 0.6 is 27.7 Å². The molecule has 0 aliphatic carbocycles. The van der Waals surface area contributed by atoms with Gasteiger partial charge in [0.1, 0.15) is 0 Å². The van der Waals surface area contributed by atoms with E-state index in [0.717, 1.165) is 23.1 Å². The van der Waals surface area contributed by atoms with Gasteiger partial charge in [0.05, 0.1) is 12.2 Å². The Labute approximate surface area is 115 Å². The second-order valence-corrected chi connectivity index (χ2v) is 6.55. The van der Waals surface area contributed by atoms with Gasteiger partial charge in [-0.15, -0.1) is 11.8 Å². The monoisotopic (exact) mass is 316 g/mol. The summed E-state index contributed by atoms with van der Waals surface area (Å²) in [6.45, 7) is 4.77. The Morgan fingerprint density at radius 1 is 1.53 bits per heavy atom. The zero-order valence-electron chi connectivity index (χ0n) is 10.0. The van der Waals surface area contributed by atoms with E-state index in [2.05, 4.69) is 35.0 Å². The summed E-state index contributed by atoms with van der Waals surface area (Å²) in [6.07, 6.45) is 1.01. The largest absolute Gasteiger partial charge is 0.389 e. The Morgan fingerprint density at radius 3 is 2.82 bits per heavy atom. The average Bonchev–Trinajstić information content (AvgIpc) is 2.64. The van der Waals surface area contributed by atoms with E-state index in [9.17, 15) is 5.11 Å². The first-order valence-corrected chi connectivity index (χ1v) is 7.51. The quantitative estimate of drug-likeness (QED) is 0.920. The molecule has 1 fully saturated rings. The first-order chi connectivity index (χ1) is 8.08. The summed E-state index contributed by atoms with van der Waals surface area (Å²) in [5.41, 5.74) is 0.935. The van der Waals surface area contributed by atoms with Gasteiger partial charge in [0.15, 0.2) is 0 Å². The van der Waals surface area contributed by atoms with Crippen LogP contribution in [-0.2, 0) is 4.74 Å². The Bertz CT molecular complexity index is 395. The highest BCUT2D eigenvalue weighted by Gasteiger charge is 2.25. The van der Waals surface area contributed by atoms with E-state index in [1.54, 1.807) is 6.92 Å². The molecular weight excluding hydrogens is 300 g/mol. The van der Waals surface area contributed by atoms with E-state index in [1.807, 2.05) is 17.8 Å². The van der Waals surface area contributed by atoms with Gasteiger partial charge < -0.3 is 9.84 Å². The van der Waals surface area contributed by atoms with Gasteiger partial charge >= 0.3 is 0 Å². The molecule has 94 valence electrons. The van der Waals surface area contributed by atoms with Crippen LogP contribution in [0.4, 0.5) is 0 Å². The van der Waals surface area contributed by atoms with E-state index in [-0.39, 0.29) is 0 Å². The summed E-state index contributed by atoms with van der Waals surface area (Å²) in [7, 11) is 0. The lowest BCUT2D eigenvalue weighted by atomic mass is 10.1. The predicted octanol–water partition coefficient (Wildman–Crippen LogP) is 3.77. The molecule has 0 amide bonds. The molecule has 0 radical (unpaired) electrons. The minimum Gasteiger partial charge on any atom is -0.389 e. The van der Waals surface area contributed by atoms with Crippen LogP contribution in [0.2, 0.25) is 0 Å². The number of ether oxygens (including phenoxy) is 1. The van der Waals surface area contributed by atoms with Crippen molar-refractivity contribution in [1.82, 2.24) is 0 Å². The third kappa shape index (κ3) is 3.25. The minimum atomic E-state index is -0.433. The molecular formula is C13H17BrO2S. The summed E-state index contributed by atoms with van der Waals surface area (Å²) in [5.74, 6) is 0. The molecule has 2 rings (SSSR count). The summed E-state index contributed by atoms with van der Waals surface area (Å²) < 4.78 is 6.53. The highest BCUT2D eigenvalue weighted by atomic mass is 79.9. The van der Waals surface area contributed by atoms with E-state index in [4.69, 9.17) is 4.74 Å². The summed E-state index contributed by atoms with van der Waals surface area (Å²) >= 11 is 5.36. The van der Waals surface area contributed by atoms with Crippen molar-refractivity contribution < 1.29 is 9.84 Å². The molecule has 0 bridgehead atoms. The molecule has 3 atom stereocenters. The lowest BCUT2D eigenvalue weighted by Crippen LogP contribution is -2.12. The number of benzene rings is 1. The normalized spacial score (nSPS) is 26.1. The van der Waals surface area contributed by atoms with E-state index < -0.39 is 6.10 Å². The number of aliphatic hydroxyl groups excluding tert-OH is 1. The van der Waals surface area contributed by atoms with Gasteiger partial charge in [-0.05, 0) is 38.0 Å². The molecule has 4 heteroatoms. The van der Waals surface area contributed by atoms with Crippen LogP contribution in [-0.4, -0.2) is 23.1 Å². The van der Waals surface area contributed by atoms with Gasteiger partial charge in [-0.3, -0.25) is 0 Å². The van der Waals surface area contributed by atoms with Gasteiger partial charge in [0.25, 0.3) is 0 Å². The van der Waals surface area contributed by atoms with Crippen LogP contribution in [0.15, 0.2) is 27.6 Å². The van der Waals surface area contributed by atoms with Gasteiger partial charge in [-0.25, -0.2) is 0 Å². The van der Waals surface area contributed by atoms with Crippen molar-refractivity contribution in [2.75, 3.05) is 6.61 Å². The molecule has 0 aromatic heterocycles. The van der Waals surface area contributed by atoms with Crippen molar-refractivity contribution in [3.8, 4) is 0 Å². The van der Waals surface area contributed by atoms with Crippen LogP contribution in [0.3, 0.4) is 0 Å². The second kappa shape index (κ2) is 5.74. The maximum Gasteiger partial charge on any atom is 0.0772 e. The lowest BCUT2D eigenvalue weighted by molar-refractivity contribution is 0.127. The highest BCUT2D eigenvalue weighted by Crippen LogP contribution is 2.35. The third-order valence-corrected chi connectivity index (χ3v) is 5.15. The number of rotatable bonds is 3. The average molecular weight is 317 g/mol. The first-order valence-electron chi connectivity index (χ1n) is 5.83. The van der Waals surface area contributed by atoms with Crippen LogP contribution in [0.25, 0.3) is 0 Å². The molecule has 0 saturated carbocycles. The third-order valence-electron chi connectivity index (χ3n) is 3.02. The van der Waals surface area contributed by atoms with Crippen molar-refractivity contribution >= 4 is 27.7 Å². The van der Waals surface area contributed by atoms with Crippen molar-refractivity contribution in [3.05, 3.63) is 28.2 Å². The van der Waals surface area contributed by atoms with Crippen molar-refractivity contribution in [3.63, 3.8) is 0 Å². The SMILES string of the molecule is CC1OCCC1Sc1ccc([C@@H](C)O)c(Br)c1. The maximum absolute atomic E-state index is 9.56. The Morgan fingerprint density at radius 2 is 2.29 bits per heavy atom. The molecule has 1 aromatic rings. The van der Waals surface area contributed by atoms with E-state index >= 15 is 0 Å². The van der Waals surface area contributed by atoms with Crippen LogP contribution < -0.4 is 0 Å². The second-order valence-electron chi connectivity index (χ2n) is 4.38. The zero-order chi connectivity index (χ0) is 12.4. The van der Waals surface area contributed by atoms with Crippen LogP contribution in [0.1, 0.15) is 31.9 Å². The van der Waals surface area contributed by atoms with E-state index in [1.165, 1.54) is 4.90 Å². The van der Waals surface area contributed by atoms with Crippen LogP contribution in [0.5, 0.6) is 0 Å². The summed E-state index contributed by atoms with van der Waals surface area (Å²) in [6, 6.07) is 6.14. The minimum absolute atomic E-state index is 0.329. The molecule has 2 unspecified atom stereocenters. The molecule has 1 heterocycles. The van der Waals surface area contributed by atoms with Gasteiger partial charge in [-0.1, -0.05) is 22.0 Å². The zero-order valence-corrected chi connectivity index (χ0v) is 12.4. The Hall–Kier alpha value is -0.0300. The van der Waals surface area contributed by atoms with Crippen LogP contribution in [0, 0.1) is 0 Å². The number of aliphatic hydroxyl groups is 1. The Kier molecular flexibility index (Phi) is 4.53. The number of hydrogen-bond acceptors (Lipinski definition) is 3. The van der Waals surface area contributed by atoms with Gasteiger partial charge in [0.2, 0.25) is 0 Å². The molecule has 1 aromatic carbocycles. The van der Waals surface area contributed by atoms with Gasteiger partial charge in [0, 0.05) is 21.2 Å². The fraction of sp³-hybridized carbons (Fsp3) is 0.538. The highest BCUT2D eigenvalue weighted by molar-refractivity contribution is 9.10. The smallest absolute Gasteiger partial charge is 0.0772 e. The molecule has 0 spiro atoms. The molecule has 2 nitrogen and oxygen atoms in total. The molecule has 1 N–H and O–H groups in total. The molecule has 17 heavy (non-hydrogen) atoms. The van der Waals surface area contributed by atoms with Crippen molar-refractivity contribution in [1.29, 1.82) is 0 Å². The Balaban J connectivity index is 2.09. The number of halogens is 1.